The van der Waals surface area contributed by atoms with Gasteiger partial charge in [0.25, 0.3) is 5.69 Å². The second-order valence-corrected chi connectivity index (χ2v) is 8.25. The number of nitrogens with zero attached hydrogens (tertiary/aromatic N) is 3. The van der Waals surface area contributed by atoms with Crippen molar-refractivity contribution in [2.75, 3.05) is 0 Å². The molecule has 0 saturated heterocycles. The molecule has 2 rings (SSSR count). The first kappa shape index (κ1) is 19.4. The van der Waals surface area contributed by atoms with Crippen molar-refractivity contribution >= 4 is 22.7 Å². The maximum atomic E-state index is 11.2. The van der Waals surface area contributed by atoms with Crippen molar-refractivity contribution in [1.29, 1.82) is 0 Å². The summed E-state index contributed by atoms with van der Waals surface area (Å²) < 4.78 is 2.29. The van der Waals surface area contributed by atoms with E-state index in [4.69, 9.17) is 4.99 Å². The first-order chi connectivity index (χ1) is 11.7. The summed E-state index contributed by atoms with van der Waals surface area (Å²) in [6.07, 6.45) is 1.02. The van der Waals surface area contributed by atoms with Crippen LogP contribution in [0.15, 0.2) is 22.5 Å². The van der Waals surface area contributed by atoms with Crippen molar-refractivity contribution in [3.05, 3.63) is 49.2 Å². The zero-order valence-electron chi connectivity index (χ0n) is 15.9. The smallest absolute Gasteiger partial charge is 0.275 e. The second kappa shape index (κ2) is 7.95. The molecule has 0 unspecified atom stereocenters. The molecule has 0 bridgehead atoms. The fourth-order valence-electron chi connectivity index (χ4n) is 2.99. The molecule has 0 aliphatic carbocycles. The lowest BCUT2D eigenvalue weighted by Gasteiger charge is -2.13. The second-order valence-electron chi connectivity index (χ2n) is 7.41. The highest BCUT2D eigenvalue weighted by atomic mass is 32.1. The standard InChI is InChI=1S/C19H27N3O2S/c1-12(2)7-17-11-25-19(21(17)10-13(3)4)20-16-8-14(5)18(22(23)24)15(6)9-16/h8-9,11-13H,7,10H2,1-6H3. The first-order valence-corrected chi connectivity index (χ1v) is 9.54. The third-order valence-corrected chi connectivity index (χ3v) is 4.84. The topological polar surface area (TPSA) is 60.4 Å². The highest BCUT2D eigenvalue weighted by Gasteiger charge is 2.16. The Morgan fingerprint density at radius 3 is 2.24 bits per heavy atom. The van der Waals surface area contributed by atoms with Crippen LogP contribution in [0, 0.1) is 35.8 Å². The zero-order chi connectivity index (χ0) is 18.7. The predicted molar refractivity (Wildman–Crippen MR) is 103 cm³/mol. The minimum atomic E-state index is -0.320. The summed E-state index contributed by atoms with van der Waals surface area (Å²) in [5.74, 6) is 1.12. The molecule has 0 fully saturated rings. The number of hydrogen-bond acceptors (Lipinski definition) is 4. The van der Waals surface area contributed by atoms with Crippen molar-refractivity contribution in [2.45, 2.75) is 54.5 Å². The van der Waals surface area contributed by atoms with Crippen LogP contribution < -0.4 is 4.80 Å². The van der Waals surface area contributed by atoms with Crippen LogP contribution in [-0.4, -0.2) is 9.49 Å². The summed E-state index contributed by atoms with van der Waals surface area (Å²) in [5.41, 5.74) is 3.57. The number of aromatic nitrogens is 1. The van der Waals surface area contributed by atoms with Gasteiger partial charge in [0.2, 0.25) is 0 Å². The van der Waals surface area contributed by atoms with Gasteiger partial charge in [-0.15, -0.1) is 11.3 Å². The minimum Gasteiger partial charge on any atom is -0.321 e. The largest absolute Gasteiger partial charge is 0.321 e. The molecule has 136 valence electrons. The van der Waals surface area contributed by atoms with Gasteiger partial charge in [-0.2, -0.15) is 0 Å². The molecule has 0 spiro atoms. The fraction of sp³-hybridized carbons (Fsp3) is 0.526. The van der Waals surface area contributed by atoms with E-state index in [0.29, 0.717) is 23.0 Å². The highest BCUT2D eigenvalue weighted by molar-refractivity contribution is 7.07. The van der Waals surface area contributed by atoms with Crippen LogP contribution in [0.2, 0.25) is 0 Å². The molecule has 0 atom stereocenters. The molecule has 5 nitrogen and oxygen atoms in total. The first-order valence-electron chi connectivity index (χ1n) is 8.66. The summed E-state index contributed by atoms with van der Waals surface area (Å²) in [4.78, 5) is 16.6. The normalized spacial score (nSPS) is 12.4. The van der Waals surface area contributed by atoms with E-state index in [1.54, 1.807) is 37.3 Å². The fourth-order valence-corrected chi connectivity index (χ4v) is 3.93. The van der Waals surface area contributed by atoms with Crippen LogP contribution in [0.25, 0.3) is 0 Å². The van der Waals surface area contributed by atoms with E-state index in [2.05, 4.69) is 37.6 Å². The predicted octanol–water partition coefficient (Wildman–Crippen LogP) is 5.16. The van der Waals surface area contributed by atoms with Crippen LogP contribution in [0.1, 0.15) is 44.5 Å². The van der Waals surface area contributed by atoms with Gasteiger partial charge in [0, 0.05) is 28.7 Å². The molecule has 0 amide bonds. The number of hydrogen-bond donors (Lipinski definition) is 0. The minimum absolute atomic E-state index is 0.181. The van der Waals surface area contributed by atoms with Crippen LogP contribution in [-0.2, 0) is 13.0 Å². The van der Waals surface area contributed by atoms with E-state index >= 15 is 0 Å². The third-order valence-electron chi connectivity index (χ3n) is 3.93. The van der Waals surface area contributed by atoms with Crippen LogP contribution in [0.4, 0.5) is 11.4 Å². The average Bonchev–Trinajstić information content (AvgIpc) is 2.79. The summed E-state index contributed by atoms with van der Waals surface area (Å²) in [6.45, 7) is 13.3. The summed E-state index contributed by atoms with van der Waals surface area (Å²) in [7, 11) is 0. The van der Waals surface area contributed by atoms with Crippen molar-refractivity contribution in [3.63, 3.8) is 0 Å². The number of benzene rings is 1. The van der Waals surface area contributed by atoms with Crippen LogP contribution in [0.5, 0.6) is 0 Å². The van der Waals surface area contributed by atoms with Gasteiger partial charge < -0.3 is 4.57 Å². The molecule has 0 aliphatic heterocycles. The maximum Gasteiger partial charge on any atom is 0.275 e. The summed E-state index contributed by atoms with van der Waals surface area (Å²) in [5, 5.41) is 13.4. The number of thiazole rings is 1. The van der Waals surface area contributed by atoms with Crippen molar-refractivity contribution < 1.29 is 4.92 Å². The molecular weight excluding hydrogens is 334 g/mol. The summed E-state index contributed by atoms with van der Waals surface area (Å²) in [6, 6.07) is 3.60. The van der Waals surface area contributed by atoms with E-state index in [-0.39, 0.29) is 10.6 Å². The molecule has 1 heterocycles. The molecule has 0 radical (unpaired) electrons. The highest BCUT2D eigenvalue weighted by Crippen LogP contribution is 2.28. The van der Waals surface area contributed by atoms with Gasteiger partial charge in [0.15, 0.2) is 4.80 Å². The summed E-state index contributed by atoms with van der Waals surface area (Å²) >= 11 is 1.64. The van der Waals surface area contributed by atoms with Crippen LogP contribution >= 0.6 is 11.3 Å². The number of nitro benzene ring substituents is 1. The molecule has 1 aromatic carbocycles. The van der Waals surface area contributed by atoms with Gasteiger partial charge in [-0.05, 0) is 44.2 Å². The number of nitro groups is 1. The molecule has 6 heteroatoms. The lowest BCUT2D eigenvalue weighted by molar-refractivity contribution is -0.386. The van der Waals surface area contributed by atoms with Crippen molar-refractivity contribution in [1.82, 2.24) is 4.57 Å². The Morgan fingerprint density at radius 2 is 1.76 bits per heavy atom. The van der Waals surface area contributed by atoms with Gasteiger partial charge in [0.05, 0.1) is 10.6 Å². The van der Waals surface area contributed by atoms with Gasteiger partial charge in [0.1, 0.15) is 0 Å². The lowest BCUT2D eigenvalue weighted by atomic mass is 10.1. The molecule has 0 saturated carbocycles. The number of aryl methyl sites for hydroxylation is 2. The van der Waals surface area contributed by atoms with Gasteiger partial charge in [-0.3, -0.25) is 10.1 Å². The molecule has 25 heavy (non-hydrogen) atoms. The Morgan fingerprint density at radius 1 is 1.16 bits per heavy atom. The molecule has 0 aliphatic rings. The quantitative estimate of drug-likeness (QED) is 0.527. The Hall–Kier alpha value is -1.95. The molecule has 0 N–H and O–H groups in total. The third kappa shape index (κ3) is 4.78. The SMILES string of the molecule is Cc1cc(N=c2scc(CC(C)C)n2CC(C)C)cc(C)c1[N+](=O)[O-]. The van der Waals surface area contributed by atoms with Gasteiger partial charge in [-0.1, -0.05) is 27.7 Å². The average molecular weight is 362 g/mol. The van der Waals surface area contributed by atoms with E-state index in [1.807, 2.05) is 0 Å². The molecule has 1 aromatic heterocycles. The van der Waals surface area contributed by atoms with Gasteiger partial charge >= 0.3 is 0 Å². The molecule has 2 aromatic rings. The Labute approximate surface area is 153 Å². The Kier molecular flexibility index (Phi) is 6.16. The van der Waals surface area contributed by atoms with Crippen LogP contribution in [0.3, 0.4) is 0 Å². The van der Waals surface area contributed by atoms with E-state index < -0.39 is 0 Å². The monoisotopic (exact) mass is 361 g/mol. The Balaban J connectivity index is 2.54. The zero-order valence-corrected chi connectivity index (χ0v) is 16.7. The van der Waals surface area contributed by atoms with E-state index in [0.717, 1.165) is 23.5 Å². The van der Waals surface area contributed by atoms with Crippen molar-refractivity contribution in [3.8, 4) is 0 Å². The Bertz CT molecular complexity index is 808. The van der Waals surface area contributed by atoms with Gasteiger partial charge in [-0.25, -0.2) is 4.99 Å². The van der Waals surface area contributed by atoms with E-state index in [9.17, 15) is 10.1 Å². The van der Waals surface area contributed by atoms with E-state index in [1.165, 1.54) is 5.69 Å². The number of rotatable bonds is 6. The van der Waals surface area contributed by atoms with Crippen molar-refractivity contribution in [2.24, 2.45) is 16.8 Å². The molecular formula is C19H27N3O2S. The maximum absolute atomic E-state index is 11.2. The lowest BCUT2D eigenvalue weighted by Crippen LogP contribution is -2.21.